The second-order valence-electron chi connectivity index (χ2n) is 10.9. The normalized spacial score (nSPS) is 19.0. The maximum Gasteiger partial charge on any atom is 0.254 e. The van der Waals surface area contributed by atoms with Crippen LogP contribution in [-0.2, 0) is 19.9 Å². The van der Waals surface area contributed by atoms with Crippen LogP contribution in [0.25, 0.3) is 0 Å². The molecule has 1 fully saturated rings. The third-order valence-electron chi connectivity index (χ3n) is 8.03. The molecule has 3 aromatic carbocycles. The predicted octanol–water partition coefficient (Wildman–Crippen LogP) is 4.22. The first-order chi connectivity index (χ1) is 23.2. The molecule has 48 heavy (non-hydrogen) atoms. The molecule has 10 nitrogen and oxygen atoms in total. The summed E-state index contributed by atoms with van der Waals surface area (Å²) in [5.74, 6) is 6.34. The third kappa shape index (κ3) is 7.37. The fourth-order valence-corrected chi connectivity index (χ4v) is 5.77. The van der Waals surface area contributed by atoms with Gasteiger partial charge < -0.3 is 39.0 Å². The number of carbonyl (C=O) groups is 2. The van der Waals surface area contributed by atoms with Crippen molar-refractivity contribution in [2.45, 2.75) is 35.0 Å². The number of benzene rings is 3. The minimum absolute atomic E-state index is 0.0252. The van der Waals surface area contributed by atoms with Gasteiger partial charge in [0.1, 0.15) is 35.4 Å². The maximum absolute atomic E-state index is 12.0. The summed E-state index contributed by atoms with van der Waals surface area (Å²) in [6, 6.07) is 26.1. The Balaban J connectivity index is 1.45. The Morgan fingerprint density at radius 1 is 0.958 bits per heavy atom. The Kier molecular flexibility index (Phi) is 11.4. The van der Waals surface area contributed by atoms with E-state index in [4.69, 9.17) is 42.1 Å². The molecular weight excluding hydrogens is 659 g/mol. The Bertz CT molecular complexity index is 1700. The van der Waals surface area contributed by atoms with E-state index in [0.29, 0.717) is 23.3 Å². The minimum atomic E-state index is -1.40. The molecule has 1 amide bonds. The van der Waals surface area contributed by atoms with Crippen LogP contribution in [0.4, 0.5) is 0 Å². The van der Waals surface area contributed by atoms with Crippen molar-refractivity contribution in [1.29, 1.82) is 0 Å². The number of aromatic nitrogens is 1. The highest BCUT2D eigenvalue weighted by molar-refractivity contribution is 6.53. The van der Waals surface area contributed by atoms with Gasteiger partial charge in [0.05, 0.1) is 33.1 Å². The summed E-state index contributed by atoms with van der Waals surface area (Å²) in [4.78, 5) is 22.3. The summed E-state index contributed by atoms with van der Waals surface area (Å²) in [6.07, 6.45) is -2.75. The van der Waals surface area contributed by atoms with Crippen LogP contribution < -0.4 is 14.8 Å². The van der Waals surface area contributed by atoms with Crippen molar-refractivity contribution < 1.29 is 38.7 Å². The minimum Gasteiger partial charge on any atom is -0.497 e. The maximum atomic E-state index is 12.0. The van der Waals surface area contributed by atoms with Crippen LogP contribution in [0.5, 0.6) is 11.5 Å². The molecule has 1 aliphatic rings. The van der Waals surface area contributed by atoms with E-state index in [9.17, 15) is 19.8 Å². The van der Waals surface area contributed by atoms with Gasteiger partial charge >= 0.3 is 0 Å². The number of rotatable bonds is 12. The second kappa shape index (κ2) is 15.7. The molecule has 1 aliphatic heterocycles. The number of alkyl halides is 2. The van der Waals surface area contributed by atoms with Crippen LogP contribution in [0.1, 0.15) is 39.0 Å². The fourth-order valence-electron chi connectivity index (χ4n) is 5.61. The van der Waals surface area contributed by atoms with Crippen molar-refractivity contribution in [3.05, 3.63) is 119 Å². The van der Waals surface area contributed by atoms with Crippen LogP contribution >= 0.6 is 23.2 Å². The lowest BCUT2D eigenvalue weighted by Crippen LogP contribution is -2.39. The smallest absolute Gasteiger partial charge is 0.254 e. The van der Waals surface area contributed by atoms with Crippen LogP contribution in [0.15, 0.2) is 91.1 Å². The van der Waals surface area contributed by atoms with E-state index in [2.05, 4.69) is 17.2 Å². The van der Waals surface area contributed by atoms with Crippen molar-refractivity contribution in [1.82, 2.24) is 9.88 Å². The first-order valence-corrected chi connectivity index (χ1v) is 15.8. The number of halogens is 2. The SMILES string of the molecule is COc1ccc(C(OC[C@H]2O[C@@H](n3cc(C#CCNC(=O)C(Cl)Cl)cc3C=O)[C@H](O)[C@@H]2O)(c2ccccc2)c2ccc(OC)cc2)cc1. The molecule has 0 saturated carbocycles. The first-order valence-electron chi connectivity index (χ1n) is 14.9. The summed E-state index contributed by atoms with van der Waals surface area (Å²) in [7, 11) is 3.18. The number of amides is 1. The van der Waals surface area contributed by atoms with Crippen molar-refractivity contribution in [3.8, 4) is 23.3 Å². The molecule has 0 unspecified atom stereocenters. The third-order valence-corrected chi connectivity index (χ3v) is 8.43. The van der Waals surface area contributed by atoms with E-state index in [-0.39, 0.29) is 18.8 Å². The Labute approximate surface area is 288 Å². The molecule has 4 aromatic rings. The van der Waals surface area contributed by atoms with Gasteiger partial charge in [0.25, 0.3) is 5.91 Å². The number of aldehydes is 1. The molecule has 1 aromatic heterocycles. The molecule has 5 rings (SSSR count). The van der Waals surface area contributed by atoms with E-state index < -0.39 is 40.9 Å². The van der Waals surface area contributed by atoms with Gasteiger partial charge in [-0.25, -0.2) is 0 Å². The molecule has 0 aliphatic carbocycles. The molecule has 0 spiro atoms. The summed E-state index contributed by atoms with van der Waals surface area (Å²) < 4.78 is 25.3. The number of ether oxygens (including phenoxy) is 4. The Morgan fingerprint density at radius 3 is 2.08 bits per heavy atom. The number of nitrogens with zero attached hydrogens (tertiary/aromatic N) is 1. The number of hydrogen-bond donors (Lipinski definition) is 3. The number of methoxy groups -OCH3 is 2. The van der Waals surface area contributed by atoms with E-state index in [1.165, 1.54) is 16.8 Å². The van der Waals surface area contributed by atoms with Crippen molar-refractivity contribution in [3.63, 3.8) is 0 Å². The Morgan fingerprint density at radius 2 is 1.54 bits per heavy atom. The van der Waals surface area contributed by atoms with Crippen molar-refractivity contribution in [2.24, 2.45) is 0 Å². The standard InChI is InChI=1S/C36H34Cl2N2O8/c1-45-28-14-10-25(11-15-28)36(24-8-4-3-5-9-24,26-12-16-29(46-2)17-13-26)47-22-30-31(42)32(43)35(48-30)40-20-23(19-27(40)21-41)7-6-18-39-34(44)33(37)38/h3-5,8-17,19-21,30-33,35,42-43H,18,22H2,1-2H3,(H,39,44)/t30-,31-,32-,35-/m1/s1. The fraction of sp³-hybridized carbons (Fsp3) is 0.278. The zero-order chi connectivity index (χ0) is 34.3. The topological polar surface area (TPSA) is 128 Å². The summed E-state index contributed by atoms with van der Waals surface area (Å²) in [5, 5.41) is 24.8. The van der Waals surface area contributed by atoms with E-state index in [1.807, 2.05) is 78.9 Å². The lowest BCUT2D eigenvalue weighted by molar-refractivity contribution is -0.119. The lowest BCUT2D eigenvalue weighted by Gasteiger charge is -2.37. The average molecular weight is 694 g/mol. The zero-order valence-electron chi connectivity index (χ0n) is 26.1. The van der Waals surface area contributed by atoms with Crippen LogP contribution in [0.2, 0.25) is 0 Å². The molecule has 250 valence electrons. The Hall–Kier alpha value is -4.34. The number of hydrogen-bond acceptors (Lipinski definition) is 8. The van der Waals surface area contributed by atoms with Gasteiger partial charge in [-0.1, -0.05) is 89.6 Å². The van der Waals surface area contributed by atoms with Gasteiger partial charge in [0.15, 0.2) is 17.4 Å². The molecule has 3 N–H and O–H groups in total. The quantitative estimate of drug-likeness (QED) is 0.0872. The zero-order valence-corrected chi connectivity index (χ0v) is 27.6. The highest BCUT2D eigenvalue weighted by Crippen LogP contribution is 2.43. The van der Waals surface area contributed by atoms with Crippen molar-refractivity contribution in [2.75, 3.05) is 27.4 Å². The number of aliphatic hydroxyl groups excluding tert-OH is 2. The molecular formula is C36H34Cl2N2O8. The van der Waals surface area contributed by atoms with E-state index >= 15 is 0 Å². The highest BCUT2D eigenvalue weighted by atomic mass is 35.5. The van der Waals surface area contributed by atoms with Gasteiger partial charge in [-0.05, 0) is 47.0 Å². The average Bonchev–Trinajstić information content (AvgIpc) is 3.66. The van der Waals surface area contributed by atoms with Gasteiger partial charge in [0, 0.05) is 11.8 Å². The lowest BCUT2D eigenvalue weighted by atomic mass is 9.80. The summed E-state index contributed by atoms with van der Waals surface area (Å²) in [6.45, 7) is -0.170. The molecule has 0 radical (unpaired) electrons. The number of carbonyl (C=O) groups excluding carboxylic acids is 2. The van der Waals surface area contributed by atoms with Gasteiger partial charge in [-0.2, -0.15) is 0 Å². The van der Waals surface area contributed by atoms with E-state index in [1.54, 1.807) is 14.2 Å². The summed E-state index contributed by atoms with van der Waals surface area (Å²) in [5.41, 5.74) is 1.78. The van der Waals surface area contributed by atoms with Crippen LogP contribution in [0.3, 0.4) is 0 Å². The molecule has 4 atom stereocenters. The summed E-state index contributed by atoms with van der Waals surface area (Å²) >= 11 is 11.1. The van der Waals surface area contributed by atoms with Crippen LogP contribution in [0, 0.1) is 11.8 Å². The molecule has 2 heterocycles. The second-order valence-corrected chi connectivity index (χ2v) is 12.0. The largest absolute Gasteiger partial charge is 0.497 e. The number of nitrogens with one attached hydrogen (secondary N) is 1. The van der Waals surface area contributed by atoms with E-state index in [0.717, 1.165) is 16.7 Å². The molecule has 0 bridgehead atoms. The van der Waals surface area contributed by atoms with Gasteiger partial charge in [0.2, 0.25) is 0 Å². The monoisotopic (exact) mass is 692 g/mol. The molecule has 1 saturated heterocycles. The van der Waals surface area contributed by atoms with Gasteiger partial charge in [-0.3, -0.25) is 9.59 Å². The van der Waals surface area contributed by atoms with Crippen molar-refractivity contribution >= 4 is 35.4 Å². The van der Waals surface area contributed by atoms with Crippen LogP contribution in [-0.4, -0.2) is 77.5 Å². The predicted molar refractivity (Wildman–Crippen MR) is 179 cm³/mol. The highest BCUT2D eigenvalue weighted by Gasteiger charge is 2.46. The molecule has 12 heteroatoms. The first kappa shape index (κ1) is 35.0. The number of aliphatic hydroxyl groups is 2. The van der Waals surface area contributed by atoms with Gasteiger partial charge in [-0.15, -0.1) is 0 Å².